The van der Waals surface area contributed by atoms with Crippen LogP contribution in [0.15, 0.2) is 24.3 Å². The molecule has 28 heavy (non-hydrogen) atoms. The fourth-order valence-corrected chi connectivity index (χ4v) is 6.37. The van der Waals surface area contributed by atoms with Crippen LogP contribution in [0, 0.1) is 11.2 Å². The van der Waals surface area contributed by atoms with Crippen molar-refractivity contribution in [3.05, 3.63) is 35.6 Å². The summed E-state index contributed by atoms with van der Waals surface area (Å²) in [4.78, 5) is 0. The molecule has 3 rings (SSSR count). The lowest BCUT2D eigenvalue weighted by atomic mass is 9.65. The second kappa shape index (κ2) is 10.8. The molecule has 1 aromatic rings. The first-order chi connectivity index (χ1) is 13.7. The molecule has 0 aromatic heterocycles. The number of unbranched alkanes of at least 4 members (excludes halogenated alkanes) is 3. The Morgan fingerprint density at radius 2 is 1.36 bits per heavy atom. The number of rotatable bonds is 10. The fourth-order valence-electron chi connectivity index (χ4n) is 6.37. The molecule has 0 amide bonds. The molecule has 0 heterocycles. The Labute approximate surface area is 173 Å². The van der Waals surface area contributed by atoms with Gasteiger partial charge in [-0.3, -0.25) is 0 Å². The van der Waals surface area contributed by atoms with E-state index in [1.165, 1.54) is 121 Å². The van der Waals surface area contributed by atoms with E-state index in [0.29, 0.717) is 5.41 Å². The molecule has 0 nitrogen and oxygen atoms in total. The summed E-state index contributed by atoms with van der Waals surface area (Å²) < 4.78 is 13.9. The normalized spacial score (nSPS) is 21.5. The predicted octanol–water partition coefficient (Wildman–Crippen LogP) is 9.12. The topological polar surface area (TPSA) is 0 Å². The molecule has 0 aliphatic heterocycles. The van der Waals surface area contributed by atoms with Gasteiger partial charge in [-0.1, -0.05) is 89.7 Å². The van der Waals surface area contributed by atoms with E-state index in [-0.39, 0.29) is 11.2 Å². The highest BCUT2D eigenvalue weighted by atomic mass is 19.1. The van der Waals surface area contributed by atoms with Crippen LogP contribution in [0.2, 0.25) is 0 Å². The van der Waals surface area contributed by atoms with Gasteiger partial charge in [0.2, 0.25) is 0 Å². The monoisotopic (exact) mass is 386 g/mol. The Balaban J connectivity index is 1.57. The van der Waals surface area contributed by atoms with Crippen LogP contribution >= 0.6 is 0 Å². The fraction of sp³-hybridized carbons (Fsp3) is 0.778. The maximum absolute atomic E-state index is 13.9. The molecule has 1 aromatic carbocycles. The Hall–Kier alpha value is -0.850. The summed E-state index contributed by atoms with van der Waals surface area (Å²) in [6.07, 6.45) is 24.9. The minimum Gasteiger partial charge on any atom is -0.207 e. The van der Waals surface area contributed by atoms with Crippen LogP contribution in [-0.4, -0.2) is 0 Å². The van der Waals surface area contributed by atoms with Crippen molar-refractivity contribution in [2.45, 2.75) is 128 Å². The molecule has 2 fully saturated rings. The maximum Gasteiger partial charge on any atom is 0.123 e. The van der Waals surface area contributed by atoms with Crippen molar-refractivity contribution in [3.63, 3.8) is 0 Å². The van der Waals surface area contributed by atoms with Crippen molar-refractivity contribution in [1.82, 2.24) is 0 Å². The summed E-state index contributed by atoms with van der Waals surface area (Å²) in [7, 11) is 0. The van der Waals surface area contributed by atoms with E-state index in [4.69, 9.17) is 0 Å². The van der Waals surface area contributed by atoms with Gasteiger partial charge in [0.05, 0.1) is 0 Å². The van der Waals surface area contributed by atoms with Gasteiger partial charge >= 0.3 is 0 Å². The highest BCUT2D eigenvalue weighted by Crippen LogP contribution is 2.47. The molecule has 2 aliphatic rings. The molecule has 0 spiro atoms. The molecule has 0 atom stereocenters. The van der Waals surface area contributed by atoms with E-state index in [9.17, 15) is 4.39 Å². The van der Waals surface area contributed by atoms with Crippen LogP contribution in [0.4, 0.5) is 4.39 Å². The lowest BCUT2D eigenvalue weighted by molar-refractivity contribution is 0.144. The molecule has 0 radical (unpaired) electrons. The summed E-state index contributed by atoms with van der Waals surface area (Å²) >= 11 is 0. The van der Waals surface area contributed by atoms with Gasteiger partial charge < -0.3 is 0 Å². The smallest absolute Gasteiger partial charge is 0.123 e. The Morgan fingerprint density at radius 1 is 0.750 bits per heavy atom. The average molecular weight is 387 g/mol. The van der Waals surface area contributed by atoms with Gasteiger partial charge in [0, 0.05) is 0 Å². The number of hydrogen-bond donors (Lipinski definition) is 0. The summed E-state index contributed by atoms with van der Waals surface area (Å²) in [5.41, 5.74) is 2.19. The van der Waals surface area contributed by atoms with Crippen molar-refractivity contribution in [2.24, 2.45) is 5.41 Å². The lowest BCUT2D eigenvalue weighted by Crippen LogP contribution is -2.29. The zero-order chi connectivity index (χ0) is 19.7. The van der Waals surface area contributed by atoms with Crippen LogP contribution in [-0.2, 0) is 5.41 Å². The first-order valence-corrected chi connectivity index (χ1v) is 12.4. The first-order valence-electron chi connectivity index (χ1n) is 12.4. The summed E-state index contributed by atoms with van der Waals surface area (Å²) in [5, 5.41) is 0. The third-order valence-electron chi connectivity index (χ3n) is 8.08. The molecule has 2 aliphatic carbocycles. The largest absolute Gasteiger partial charge is 0.207 e. The van der Waals surface area contributed by atoms with Crippen LogP contribution in [0.3, 0.4) is 0 Å². The van der Waals surface area contributed by atoms with Gasteiger partial charge in [-0.05, 0) is 73.5 Å². The molecule has 2 saturated carbocycles. The van der Waals surface area contributed by atoms with Gasteiger partial charge in [-0.2, -0.15) is 0 Å². The standard InChI is InChI=1S/C27H43F/c1-2-3-6-16-26(17-7-4-8-18-26)19-11-12-22-27(20-9-5-10-21-27)24-14-13-15-25(28)23-24/h13-15,23H,2-12,16-22H2,1H3. The van der Waals surface area contributed by atoms with Crippen LogP contribution in [0.5, 0.6) is 0 Å². The van der Waals surface area contributed by atoms with E-state index in [2.05, 4.69) is 13.0 Å². The predicted molar refractivity (Wildman–Crippen MR) is 119 cm³/mol. The highest BCUT2D eigenvalue weighted by molar-refractivity contribution is 5.26. The lowest BCUT2D eigenvalue weighted by Gasteiger charge is -2.40. The SMILES string of the molecule is CCCCCC1(CCCCC2(c3cccc(F)c3)CCCCC2)CCCCC1. The van der Waals surface area contributed by atoms with Gasteiger partial charge in [0.15, 0.2) is 0 Å². The van der Waals surface area contributed by atoms with Gasteiger partial charge in [0.1, 0.15) is 5.82 Å². The van der Waals surface area contributed by atoms with E-state index in [1.807, 2.05) is 12.1 Å². The number of hydrogen-bond acceptors (Lipinski definition) is 0. The Kier molecular flexibility index (Phi) is 8.42. The van der Waals surface area contributed by atoms with Crippen LogP contribution in [0.25, 0.3) is 0 Å². The second-order valence-corrected chi connectivity index (χ2v) is 10.1. The minimum atomic E-state index is -0.0560. The van der Waals surface area contributed by atoms with E-state index in [0.717, 1.165) is 0 Å². The van der Waals surface area contributed by atoms with Gasteiger partial charge in [-0.15, -0.1) is 0 Å². The van der Waals surface area contributed by atoms with Crippen molar-refractivity contribution in [2.75, 3.05) is 0 Å². The molecular formula is C27H43F. The van der Waals surface area contributed by atoms with Gasteiger partial charge in [-0.25, -0.2) is 4.39 Å². The Morgan fingerprint density at radius 3 is 2.00 bits per heavy atom. The quantitative estimate of drug-likeness (QED) is 0.352. The molecule has 1 heteroatoms. The van der Waals surface area contributed by atoms with Gasteiger partial charge in [0.25, 0.3) is 0 Å². The van der Waals surface area contributed by atoms with E-state index in [1.54, 1.807) is 6.07 Å². The van der Waals surface area contributed by atoms with Crippen molar-refractivity contribution in [1.29, 1.82) is 0 Å². The Bertz CT molecular complexity index is 563. The van der Waals surface area contributed by atoms with Crippen molar-refractivity contribution < 1.29 is 4.39 Å². The molecule has 0 unspecified atom stereocenters. The average Bonchev–Trinajstić information content (AvgIpc) is 2.73. The second-order valence-electron chi connectivity index (χ2n) is 10.1. The summed E-state index contributed by atoms with van der Waals surface area (Å²) in [6, 6.07) is 7.55. The highest BCUT2D eigenvalue weighted by Gasteiger charge is 2.35. The minimum absolute atomic E-state index is 0.0560. The molecule has 0 bridgehead atoms. The van der Waals surface area contributed by atoms with Crippen LogP contribution in [0.1, 0.15) is 128 Å². The molecule has 0 N–H and O–H groups in total. The zero-order valence-corrected chi connectivity index (χ0v) is 18.4. The van der Waals surface area contributed by atoms with E-state index >= 15 is 0 Å². The third-order valence-corrected chi connectivity index (χ3v) is 8.08. The van der Waals surface area contributed by atoms with Crippen molar-refractivity contribution >= 4 is 0 Å². The number of benzene rings is 1. The van der Waals surface area contributed by atoms with E-state index < -0.39 is 0 Å². The third kappa shape index (κ3) is 5.83. The molecule has 158 valence electrons. The summed E-state index contributed by atoms with van der Waals surface area (Å²) in [5.74, 6) is -0.0560. The van der Waals surface area contributed by atoms with Crippen LogP contribution < -0.4 is 0 Å². The maximum atomic E-state index is 13.9. The molecular weight excluding hydrogens is 343 g/mol. The summed E-state index contributed by atoms with van der Waals surface area (Å²) in [6.45, 7) is 2.32. The first kappa shape index (κ1) is 21.8. The zero-order valence-electron chi connectivity index (χ0n) is 18.4. The molecule has 0 saturated heterocycles. The van der Waals surface area contributed by atoms with Crippen molar-refractivity contribution in [3.8, 4) is 0 Å². The number of halogens is 1.